The second kappa shape index (κ2) is 26.7. The molecule has 2 unspecified atom stereocenters. The maximum Gasteiger partial charge on any atom is 0.300 e. The molecule has 7 heteroatoms. The van der Waals surface area contributed by atoms with Crippen molar-refractivity contribution in [3.63, 3.8) is 0 Å². The van der Waals surface area contributed by atoms with Gasteiger partial charge in [-0.3, -0.25) is 0 Å². The second-order valence-electron chi connectivity index (χ2n) is 15.7. The van der Waals surface area contributed by atoms with Crippen molar-refractivity contribution in [2.45, 2.75) is 98.8 Å². The summed E-state index contributed by atoms with van der Waals surface area (Å²) in [5.74, 6) is 3.62. The van der Waals surface area contributed by atoms with E-state index >= 15 is 0 Å². The summed E-state index contributed by atoms with van der Waals surface area (Å²) in [6, 6.07) is 25.7. The molecule has 0 N–H and O–H groups in total. The summed E-state index contributed by atoms with van der Waals surface area (Å²) in [7, 11) is 1.50. The van der Waals surface area contributed by atoms with Gasteiger partial charge in [-0.1, -0.05) is 176 Å². The van der Waals surface area contributed by atoms with Crippen LogP contribution in [0.4, 0.5) is 0 Å². The number of aromatic nitrogens is 1. The van der Waals surface area contributed by atoms with Crippen molar-refractivity contribution < 1.29 is 4.18 Å². The summed E-state index contributed by atoms with van der Waals surface area (Å²) < 4.78 is 7.34. The Hall–Kier alpha value is -5.41. The number of allylic oxidation sites excluding steroid dienone is 13. The molecule has 3 nitrogen and oxygen atoms in total. The van der Waals surface area contributed by atoms with Crippen molar-refractivity contribution in [2.75, 3.05) is 0 Å². The van der Waals surface area contributed by atoms with E-state index in [0.29, 0.717) is 5.92 Å². The van der Waals surface area contributed by atoms with Crippen LogP contribution in [0.3, 0.4) is 0 Å². The van der Waals surface area contributed by atoms with E-state index in [9.17, 15) is 0 Å². The smallest absolute Gasteiger partial charge is 0.300 e. The number of nitrogens with zero attached hydrogens (tertiary/aromatic N) is 2. The molecule has 0 spiro atoms. The third-order valence-corrected chi connectivity index (χ3v) is 15.4. The van der Waals surface area contributed by atoms with Crippen LogP contribution < -0.4 is 0 Å². The fourth-order valence-electron chi connectivity index (χ4n) is 8.34. The van der Waals surface area contributed by atoms with Crippen molar-refractivity contribution >= 4 is 71.9 Å². The van der Waals surface area contributed by atoms with Gasteiger partial charge in [0.2, 0.25) is 0 Å². The fraction of sp³-hybridized carbons (Fsp3) is 0.271. The Morgan fingerprint density at radius 2 is 1.62 bits per heavy atom. The number of para-hydroxylation sites is 2. The number of thiophene rings is 2. The number of hydrogen-bond acceptors (Lipinski definition) is 6. The van der Waals surface area contributed by atoms with Gasteiger partial charge in [0, 0.05) is 26.9 Å². The highest BCUT2D eigenvalue weighted by Crippen LogP contribution is 2.49. The molecule has 2 aliphatic rings. The molecule has 8 rings (SSSR count). The number of terminal acetylenes is 1. The lowest BCUT2D eigenvalue weighted by molar-refractivity contribution is 0.604. The Morgan fingerprint density at radius 1 is 0.939 bits per heavy atom. The van der Waals surface area contributed by atoms with E-state index in [0.717, 1.165) is 65.8 Å². The van der Waals surface area contributed by atoms with Gasteiger partial charge in [0.15, 0.2) is 0 Å². The Morgan fingerprint density at radius 3 is 2.30 bits per heavy atom. The molecule has 66 heavy (non-hydrogen) atoms. The van der Waals surface area contributed by atoms with Crippen LogP contribution in [0.25, 0.3) is 43.5 Å². The maximum absolute atomic E-state index is 8.92. The van der Waals surface area contributed by atoms with E-state index < -0.39 is 0 Å². The standard InChI is InChI=1S/C29H32S.C26H20N2OS3.2C2H6/c1-6-25-16-10-12-18-27(25)29-28(24(5)20-30-29)19-21(2)13-7-8-14-22(3)26-17-11-9-15-23(26)4;1-2-9-18-10-3-4-11-19(18)25-26(31-32-29-17-27)24(16-30-25)28-22-14-7-5-12-20(22)21-13-6-8-15-23(21)28;2*1-2/h1,7-10,12-15,18,20-21,25H,3,11,16-17,19H2,2,4-5H3;3-8,10-16H,2,9H2,1H3;2*1-2H3/b13-7-,14-8-;;;. The molecule has 3 aromatic carbocycles. The number of nitriles is 1. The molecule has 340 valence electrons. The van der Waals surface area contributed by atoms with Crippen LogP contribution in [0.15, 0.2) is 166 Å². The third kappa shape index (κ3) is 12.5. The van der Waals surface area contributed by atoms with Crippen LogP contribution in [-0.4, -0.2) is 4.57 Å². The lowest BCUT2D eigenvalue weighted by Gasteiger charge is -2.18. The Kier molecular flexibility index (Phi) is 20.8. The highest BCUT2D eigenvalue weighted by atomic mass is 33.1. The quantitative estimate of drug-likeness (QED) is 0.0272. The van der Waals surface area contributed by atoms with Crippen molar-refractivity contribution in [1.29, 1.82) is 5.26 Å². The molecular weight excluding hydrogens is 881 g/mol. The molecule has 2 aliphatic carbocycles. The Bertz CT molecular complexity index is 2790. The van der Waals surface area contributed by atoms with E-state index in [1.54, 1.807) is 17.6 Å². The predicted molar refractivity (Wildman–Crippen MR) is 295 cm³/mol. The van der Waals surface area contributed by atoms with Crippen LogP contribution in [0.1, 0.15) is 95.7 Å². The van der Waals surface area contributed by atoms with E-state index in [-0.39, 0.29) is 5.92 Å². The van der Waals surface area contributed by atoms with Crippen LogP contribution in [0, 0.1) is 42.6 Å². The van der Waals surface area contributed by atoms with Gasteiger partial charge in [-0.2, -0.15) is 0 Å². The SMILES string of the molecule is C#CC1CC=CC=C1c1scc(C)c1CC(C)/C=C\C=C/C(=C)C1=C(C)C=CCC1.CC.CC.CCCc1ccccc1-c1scc(-n2c3ccccc3c3ccccc32)c1SSOC#N. The predicted octanol–water partition coefficient (Wildman–Crippen LogP) is 18.8. The number of hydrogen-bond donors (Lipinski definition) is 0. The average Bonchev–Trinajstić information content (AvgIpc) is 4.04. The first-order chi connectivity index (χ1) is 32.3. The fourth-order valence-corrected chi connectivity index (χ4v) is 12.5. The summed E-state index contributed by atoms with van der Waals surface area (Å²) in [6.45, 7) is 21.1. The van der Waals surface area contributed by atoms with E-state index in [1.165, 1.54) is 81.3 Å². The number of rotatable bonds is 14. The van der Waals surface area contributed by atoms with Crippen LogP contribution in [0.5, 0.6) is 0 Å². The first-order valence-corrected chi connectivity index (χ1v) is 27.1. The van der Waals surface area contributed by atoms with Gasteiger partial charge >= 0.3 is 6.26 Å². The molecule has 0 saturated carbocycles. The van der Waals surface area contributed by atoms with Gasteiger partial charge in [0.25, 0.3) is 0 Å². The monoisotopic (exact) mass is 944 g/mol. The van der Waals surface area contributed by atoms with Gasteiger partial charge in [-0.15, -0.1) is 34.4 Å². The van der Waals surface area contributed by atoms with Crippen LogP contribution >= 0.6 is 44.5 Å². The lowest BCUT2D eigenvalue weighted by atomic mass is 9.87. The molecule has 0 radical (unpaired) electrons. The average molecular weight is 945 g/mol. The third-order valence-electron chi connectivity index (χ3n) is 11.4. The second-order valence-corrected chi connectivity index (χ2v) is 19.2. The van der Waals surface area contributed by atoms with Crippen molar-refractivity contribution in [3.05, 3.63) is 183 Å². The van der Waals surface area contributed by atoms with Gasteiger partial charge in [-0.05, 0) is 125 Å². The molecule has 0 aliphatic heterocycles. The summed E-state index contributed by atoms with van der Waals surface area (Å²) in [5, 5.41) is 15.9. The summed E-state index contributed by atoms with van der Waals surface area (Å²) in [4.78, 5) is 3.70. The largest absolute Gasteiger partial charge is 0.340 e. The zero-order valence-electron chi connectivity index (χ0n) is 39.9. The Balaban J connectivity index is 0.000000231. The molecule has 0 saturated heterocycles. The van der Waals surface area contributed by atoms with Crippen molar-refractivity contribution in [1.82, 2.24) is 4.57 Å². The molecule has 0 bridgehead atoms. The highest BCUT2D eigenvalue weighted by molar-refractivity contribution is 8.75. The summed E-state index contributed by atoms with van der Waals surface area (Å²) >= 11 is 4.69. The minimum atomic E-state index is 0.194. The topological polar surface area (TPSA) is 38.0 Å². The molecule has 3 heterocycles. The maximum atomic E-state index is 8.92. The first-order valence-electron chi connectivity index (χ1n) is 23.2. The number of benzene rings is 3. The molecule has 2 atom stereocenters. The molecule has 3 aromatic heterocycles. The van der Waals surface area contributed by atoms with E-state index in [2.05, 4.69) is 183 Å². The summed E-state index contributed by atoms with van der Waals surface area (Å²) in [6.07, 6.45) is 33.6. The first kappa shape index (κ1) is 51.6. The Labute approximate surface area is 411 Å². The van der Waals surface area contributed by atoms with Gasteiger partial charge in [0.1, 0.15) is 11.1 Å². The van der Waals surface area contributed by atoms with E-state index in [1.807, 2.05) is 39.0 Å². The number of fused-ring (bicyclic) bond motifs is 3. The molecule has 6 aromatic rings. The molecular formula is C59H64N2OS4. The van der Waals surface area contributed by atoms with Gasteiger partial charge < -0.3 is 8.75 Å². The summed E-state index contributed by atoms with van der Waals surface area (Å²) in [5.41, 5.74) is 14.0. The molecule has 0 amide bonds. The van der Waals surface area contributed by atoms with Gasteiger partial charge in [-0.25, -0.2) is 0 Å². The van der Waals surface area contributed by atoms with Crippen molar-refractivity contribution in [3.8, 4) is 34.7 Å². The zero-order valence-corrected chi connectivity index (χ0v) is 43.2. The lowest BCUT2D eigenvalue weighted by Crippen LogP contribution is -2.05. The van der Waals surface area contributed by atoms with Gasteiger partial charge in [0.05, 0.1) is 26.5 Å². The zero-order chi connectivity index (χ0) is 47.4. The van der Waals surface area contributed by atoms with Crippen molar-refractivity contribution in [2.24, 2.45) is 11.8 Å². The van der Waals surface area contributed by atoms with Crippen LogP contribution in [-0.2, 0) is 17.0 Å². The van der Waals surface area contributed by atoms with Crippen LogP contribution in [0.2, 0.25) is 0 Å². The highest BCUT2D eigenvalue weighted by Gasteiger charge is 2.23. The normalized spacial score (nSPS) is 14.7. The number of aryl methyl sites for hydroxylation is 2. The van der Waals surface area contributed by atoms with E-state index in [4.69, 9.17) is 15.9 Å². The minimum Gasteiger partial charge on any atom is -0.340 e. The minimum absolute atomic E-state index is 0.194. The molecule has 0 fully saturated rings.